The van der Waals surface area contributed by atoms with Crippen LogP contribution in [0.2, 0.25) is 0 Å². The third-order valence-electron chi connectivity index (χ3n) is 6.65. The largest absolute Gasteiger partial charge is 0.469 e. The summed E-state index contributed by atoms with van der Waals surface area (Å²) in [7, 11) is 0. The molecule has 4 heterocycles. The Hall–Kier alpha value is -3.09. The number of hydrogen-bond donors (Lipinski definition) is 1. The van der Waals surface area contributed by atoms with Gasteiger partial charge in [0.15, 0.2) is 11.5 Å². The van der Waals surface area contributed by atoms with Gasteiger partial charge in [0.25, 0.3) is 0 Å². The first-order chi connectivity index (χ1) is 15.1. The Morgan fingerprint density at radius 1 is 1.19 bits per heavy atom. The standard InChI is InChI=1S/C24H27N3O4/c28-21-7-11-24(26-21,16-18-4-3-15-30-18)12-8-22(29)27-13-9-17(10-14-27)23-25-19-5-1-2-6-20(19)31-23/h1-6,15,17H,7-14,16H2,(H,26,28). The van der Waals surface area contributed by atoms with Crippen molar-refractivity contribution < 1.29 is 18.4 Å². The van der Waals surface area contributed by atoms with Crippen molar-refractivity contribution in [1.29, 1.82) is 0 Å². The summed E-state index contributed by atoms with van der Waals surface area (Å²) in [5.41, 5.74) is 1.31. The van der Waals surface area contributed by atoms with Crippen molar-refractivity contribution in [2.45, 2.75) is 56.4 Å². The van der Waals surface area contributed by atoms with E-state index in [0.717, 1.165) is 42.0 Å². The third-order valence-corrected chi connectivity index (χ3v) is 6.65. The van der Waals surface area contributed by atoms with Gasteiger partial charge in [-0.1, -0.05) is 12.1 Å². The summed E-state index contributed by atoms with van der Waals surface area (Å²) in [6.45, 7) is 1.42. The Labute approximate surface area is 180 Å². The third kappa shape index (κ3) is 4.22. The maximum Gasteiger partial charge on any atom is 0.222 e. The number of para-hydroxylation sites is 2. The fourth-order valence-corrected chi connectivity index (χ4v) is 4.87. The Morgan fingerprint density at radius 2 is 2.03 bits per heavy atom. The lowest BCUT2D eigenvalue weighted by molar-refractivity contribution is -0.133. The molecule has 1 atom stereocenters. The number of oxazole rings is 1. The van der Waals surface area contributed by atoms with Gasteiger partial charge in [-0.15, -0.1) is 0 Å². The predicted molar refractivity (Wildman–Crippen MR) is 114 cm³/mol. The molecule has 0 bridgehead atoms. The van der Waals surface area contributed by atoms with Gasteiger partial charge in [-0.25, -0.2) is 4.98 Å². The lowest BCUT2D eigenvalue weighted by Crippen LogP contribution is -2.45. The van der Waals surface area contributed by atoms with Crippen LogP contribution in [-0.4, -0.2) is 40.3 Å². The van der Waals surface area contributed by atoms with Crippen molar-refractivity contribution in [3.63, 3.8) is 0 Å². The summed E-state index contributed by atoms with van der Waals surface area (Å²) in [6, 6.07) is 11.6. The molecule has 2 amide bonds. The number of aromatic nitrogens is 1. The van der Waals surface area contributed by atoms with Crippen molar-refractivity contribution in [1.82, 2.24) is 15.2 Å². The highest BCUT2D eigenvalue weighted by Gasteiger charge is 2.39. The molecule has 2 fully saturated rings. The second-order valence-electron chi connectivity index (χ2n) is 8.76. The first kappa shape index (κ1) is 19.8. The minimum absolute atomic E-state index is 0.0538. The zero-order valence-corrected chi connectivity index (χ0v) is 17.5. The van der Waals surface area contributed by atoms with E-state index >= 15 is 0 Å². The summed E-state index contributed by atoms with van der Waals surface area (Å²) in [5, 5.41) is 3.11. The van der Waals surface area contributed by atoms with Crippen LogP contribution in [-0.2, 0) is 16.0 Å². The van der Waals surface area contributed by atoms with E-state index in [0.29, 0.717) is 38.8 Å². The second-order valence-corrected chi connectivity index (χ2v) is 8.76. The topological polar surface area (TPSA) is 88.6 Å². The number of carbonyl (C=O) groups is 2. The fraction of sp³-hybridized carbons (Fsp3) is 0.458. The van der Waals surface area contributed by atoms with Gasteiger partial charge in [0, 0.05) is 43.8 Å². The van der Waals surface area contributed by atoms with E-state index in [4.69, 9.17) is 8.83 Å². The highest BCUT2D eigenvalue weighted by atomic mass is 16.3. The Balaban J connectivity index is 1.17. The van der Waals surface area contributed by atoms with Gasteiger partial charge >= 0.3 is 0 Å². The molecule has 2 saturated heterocycles. The van der Waals surface area contributed by atoms with Gasteiger partial charge in [0.05, 0.1) is 6.26 Å². The zero-order valence-electron chi connectivity index (χ0n) is 17.5. The molecule has 7 nitrogen and oxygen atoms in total. The highest BCUT2D eigenvalue weighted by Crippen LogP contribution is 2.32. The van der Waals surface area contributed by atoms with E-state index in [1.807, 2.05) is 41.3 Å². The van der Waals surface area contributed by atoms with E-state index in [1.54, 1.807) is 6.26 Å². The molecule has 1 aromatic carbocycles. The molecule has 7 heteroatoms. The zero-order chi connectivity index (χ0) is 21.3. The minimum Gasteiger partial charge on any atom is -0.469 e. The van der Waals surface area contributed by atoms with Crippen molar-refractivity contribution in [3.05, 3.63) is 54.3 Å². The Kier molecular flexibility index (Phi) is 5.26. The van der Waals surface area contributed by atoms with E-state index in [-0.39, 0.29) is 23.3 Å². The molecule has 0 saturated carbocycles. The van der Waals surface area contributed by atoms with Crippen LogP contribution in [0.3, 0.4) is 0 Å². The molecule has 2 aliphatic heterocycles. The van der Waals surface area contributed by atoms with Crippen LogP contribution in [0.1, 0.15) is 56.1 Å². The average Bonchev–Trinajstić information content (AvgIpc) is 3.53. The van der Waals surface area contributed by atoms with Crippen molar-refractivity contribution >= 4 is 22.9 Å². The molecular formula is C24H27N3O4. The predicted octanol–water partition coefficient (Wildman–Crippen LogP) is 3.80. The number of piperidine rings is 1. The van der Waals surface area contributed by atoms with E-state index in [2.05, 4.69) is 10.3 Å². The van der Waals surface area contributed by atoms with Crippen LogP contribution in [0, 0.1) is 0 Å². The maximum absolute atomic E-state index is 12.9. The quantitative estimate of drug-likeness (QED) is 0.654. The molecule has 162 valence electrons. The SMILES string of the molecule is O=C1CCC(CCC(=O)N2CCC(c3nc4ccccc4o3)CC2)(Cc2ccco2)N1. The van der Waals surface area contributed by atoms with Gasteiger partial charge < -0.3 is 19.1 Å². The Morgan fingerprint density at radius 3 is 2.74 bits per heavy atom. The molecule has 2 aliphatic rings. The second kappa shape index (κ2) is 8.21. The number of furan rings is 1. The van der Waals surface area contributed by atoms with Crippen LogP contribution in [0.4, 0.5) is 0 Å². The number of nitrogens with zero attached hydrogens (tertiary/aromatic N) is 2. The molecule has 1 unspecified atom stereocenters. The highest BCUT2D eigenvalue weighted by molar-refractivity contribution is 5.80. The summed E-state index contributed by atoms with van der Waals surface area (Å²) in [5.74, 6) is 2.07. The fourth-order valence-electron chi connectivity index (χ4n) is 4.87. The number of hydrogen-bond acceptors (Lipinski definition) is 5. The summed E-state index contributed by atoms with van der Waals surface area (Å²) >= 11 is 0. The van der Waals surface area contributed by atoms with Crippen LogP contribution in [0.15, 0.2) is 51.5 Å². The molecule has 3 aromatic rings. The average molecular weight is 421 g/mol. The number of rotatable bonds is 6. The molecular weight excluding hydrogens is 394 g/mol. The van der Waals surface area contributed by atoms with Crippen molar-refractivity contribution in [2.24, 2.45) is 0 Å². The van der Waals surface area contributed by atoms with Gasteiger partial charge in [-0.3, -0.25) is 9.59 Å². The number of fused-ring (bicyclic) bond motifs is 1. The molecule has 0 radical (unpaired) electrons. The smallest absolute Gasteiger partial charge is 0.222 e. The molecule has 1 N–H and O–H groups in total. The van der Waals surface area contributed by atoms with E-state index in [9.17, 15) is 9.59 Å². The van der Waals surface area contributed by atoms with Gasteiger partial charge in [0.2, 0.25) is 11.8 Å². The normalized spacial score (nSPS) is 22.2. The van der Waals surface area contributed by atoms with E-state index in [1.165, 1.54) is 0 Å². The van der Waals surface area contributed by atoms with E-state index < -0.39 is 0 Å². The number of amides is 2. The first-order valence-corrected chi connectivity index (χ1v) is 11.1. The molecule has 5 rings (SSSR count). The van der Waals surface area contributed by atoms with Crippen LogP contribution < -0.4 is 5.32 Å². The summed E-state index contributed by atoms with van der Waals surface area (Å²) in [4.78, 5) is 31.4. The van der Waals surface area contributed by atoms with Gasteiger partial charge in [0.1, 0.15) is 11.3 Å². The Bertz CT molecular complexity index is 1030. The van der Waals surface area contributed by atoms with Crippen LogP contribution >= 0.6 is 0 Å². The summed E-state index contributed by atoms with van der Waals surface area (Å²) in [6.07, 6.45) is 6.27. The van der Waals surface area contributed by atoms with Crippen LogP contribution in [0.5, 0.6) is 0 Å². The van der Waals surface area contributed by atoms with Crippen molar-refractivity contribution in [3.8, 4) is 0 Å². The molecule has 2 aromatic heterocycles. The minimum atomic E-state index is -0.388. The lowest BCUT2D eigenvalue weighted by atomic mass is 9.86. The maximum atomic E-state index is 12.9. The lowest BCUT2D eigenvalue weighted by Gasteiger charge is -2.33. The number of nitrogens with one attached hydrogen (secondary N) is 1. The van der Waals surface area contributed by atoms with Gasteiger partial charge in [-0.05, 0) is 49.9 Å². The number of benzene rings is 1. The van der Waals surface area contributed by atoms with Crippen LogP contribution in [0.25, 0.3) is 11.1 Å². The monoisotopic (exact) mass is 421 g/mol. The van der Waals surface area contributed by atoms with Gasteiger partial charge in [-0.2, -0.15) is 0 Å². The van der Waals surface area contributed by atoms with Crippen molar-refractivity contribution in [2.75, 3.05) is 13.1 Å². The number of carbonyl (C=O) groups excluding carboxylic acids is 2. The first-order valence-electron chi connectivity index (χ1n) is 11.1. The molecule has 31 heavy (non-hydrogen) atoms. The molecule has 0 spiro atoms. The molecule has 0 aliphatic carbocycles. The number of likely N-dealkylation sites (tertiary alicyclic amines) is 1. The summed E-state index contributed by atoms with van der Waals surface area (Å²) < 4.78 is 11.4.